The van der Waals surface area contributed by atoms with Crippen molar-refractivity contribution in [2.75, 3.05) is 19.5 Å². The molecular formula is C15H17NO4S. The Bertz CT molecular complexity index is 624. The lowest BCUT2D eigenvalue weighted by molar-refractivity contribution is -0.136. The molecule has 1 heterocycles. The van der Waals surface area contributed by atoms with Gasteiger partial charge in [-0.1, -0.05) is 0 Å². The molecular weight excluding hydrogens is 290 g/mol. The molecule has 0 saturated heterocycles. The van der Waals surface area contributed by atoms with Crippen LogP contribution in [0.3, 0.4) is 0 Å². The minimum atomic E-state index is -0.814. The Morgan fingerprint density at radius 2 is 1.95 bits per heavy atom. The third-order valence-electron chi connectivity index (χ3n) is 2.90. The van der Waals surface area contributed by atoms with Crippen LogP contribution in [0.4, 0.5) is 5.69 Å². The van der Waals surface area contributed by atoms with E-state index in [0.717, 1.165) is 26.9 Å². The topological polar surface area (TPSA) is 67.8 Å². The predicted molar refractivity (Wildman–Crippen MR) is 82.5 cm³/mol. The van der Waals surface area contributed by atoms with Gasteiger partial charge in [-0.2, -0.15) is 0 Å². The standard InChI is InChI=1S/C15H17NO4S/c1-19-10-3-6-14(20-2)13(7-10)16-9-12-5-4-11(21-12)8-15(17)18/h3-7,16H,8-9H2,1-2H3,(H,17,18). The van der Waals surface area contributed by atoms with Crippen molar-refractivity contribution >= 4 is 23.0 Å². The average Bonchev–Trinajstić information content (AvgIpc) is 2.91. The summed E-state index contributed by atoms with van der Waals surface area (Å²) in [6.45, 7) is 0.605. The zero-order valence-electron chi connectivity index (χ0n) is 11.9. The van der Waals surface area contributed by atoms with E-state index in [4.69, 9.17) is 14.6 Å². The first-order valence-corrected chi connectivity index (χ1v) is 7.19. The Kier molecular flexibility index (Phi) is 5.05. The Morgan fingerprint density at radius 3 is 2.62 bits per heavy atom. The van der Waals surface area contributed by atoms with Gasteiger partial charge in [-0.3, -0.25) is 4.79 Å². The molecule has 0 aliphatic heterocycles. The minimum absolute atomic E-state index is 0.0626. The zero-order valence-corrected chi connectivity index (χ0v) is 12.7. The fourth-order valence-corrected chi connectivity index (χ4v) is 2.84. The molecule has 112 valence electrons. The Hall–Kier alpha value is -2.21. The number of carboxylic acids is 1. The summed E-state index contributed by atoms with van der Waals surface area (Å²) >= 11 is 1.49. The third kappa shape index (κ3) is 4.13. The van der Waals surface area contributed by atoms with Crippen LogP contribution in [0.1, 0.15) is 9.75 Å². The highest BCUT2D eigenvalue weighted by atomic mass is 32.1. The van der Waals surface area contributed by atoms with Crippen LogP contribution in [0.15, 0.2) is 30.3 Å². The van der Waals surface area contributed by atoms with Crippen LogP contribution in [-0.4, -0.2) is 25.3 Å². The third-order valence-corrected chi connectivity index (χ3v) is 3.99. The molecule has 2 N–H and O–H groups in total. The maximum Gasteiger partial charge on any atom is 0.308 e. The van der Waals surface area contributed by atoms with Crippen molar-refractivity contribution in [3.63, 3.8) is 0 Å². The first-order chi connectivity index (χ1) is 10.1. The largest absolute Gasteiger partial charge is 0.497 e. The molecule has 1 aromatic carbocycles. The number of methoxy groups -OCH3 is 2. The summed E-state index contributed by atoms with van der Waals surface area (Å²) in [4.78, 5) is 12.6. The van der Waals surface area contributed by atoms with Crippen LogP contribution in [0.25, 0.3) is 0 Å². The number of anilines is 1. The van der Waals surface area contributed by atoms with Gasteiger partial charge in [0.15, 0.2) is 0 Å². The van der Waals surface area contributed by atoms with Crippen LogP contribution in [0, 0.1) is 0 Å². The number of carboxylic acid groups (broad SMARTS) is 1. The highest BCUT2D eigenvalue weighted by molar-refractivity contribution is 7.12. The summed E-state index contributed by atoms with van der Waals surface area (Å²) in [5.74, 6) is 0.667. The Morgan fingerprint density at radius 1 is 1.19 bits per heavy atom. The van der Waals surface area contributed by atoms with E-state index in [1.807, 2.05) is 30.3 Å². The van der Waals surface area contributed by atoms with E-state index >= 15 is 0 Å². The van der Waals surface area contributed by atoms with E-state index in [2.05, 4.69) is 5.32 Å². The van der Waals surface area contributed by atoms with E-state index in [9.17, 15) is 4.79 Å². The maximum atomic E-state index is 10.7. The van der Waals surface area contributed by atoms with Gasteiger partial charge >= 0.3 is 5.97 Å². The van der Waals surface area contributed by atoms with Crippen molar-refractivity contribution in [1.29, 1.82) is 0 Å². The van der Waals surface area contributed by atoms with Crippen LogP contribution >= 0.6 is 11.3 Å². The summed E-state index contributed by atoms with van der Waals surface area (Å²) in [6, 6.07) is 9.32. The van der Waals surface area contributed by atoms with Gasteiger partial charge < -0.3 is 19.9 Å². The van der Waals surface area contributed by atoms with Gasteiger partial charge in [0.25, 0.3) is 0 Å². The van der Waals surface area contributed by atoms with Crippen molar-refractivity contribution < 1.29 is 19.4 Å². The molecule has 6 heteroatoms. The average molecular weight is 307 g/mol. The molecule has 0 amide bonds. The fraction of sp³-hybridized carbons (Fsp3) is 0.267. The SMILES string of the molecule is COc1ccc(OC)c(NCc2ccc(CC(=O)O)s2)c1. The number of rotatable bonds is 7. The lowest BCUT2D eigenvalue weighted by Crippen LogP contribution is -2.00. The second-order valence-corrected chi connectivity index (χ2v) is 5.61. The lowest BCUT2D eigenvalue weighted by Gasteiger charge is -2.11. The Balaban J connectivity index is 2.05. The molecule has 0 spiro atoms. The predicted octanol–water partition coefficient (Wildman–Crippen LogP) is 3.00. The molecule has 5 nitrogen and oxygen atoms in total. The van der Waals surface area contributed by atoms with E-state index in [1.165, 1.54) is 11.3 Å². The first-order valence-electron chi connectivity index (χ1n) is 6.37. The summed E-state index contributed by atoms with van der Waals surface area (Å²) in [7, 11) is 3.23. The summed E-state index contributed by atoms with van der Waals surface area (Å²) < 4.78 is 10.5. The molecule has 2 rings (SSSR count). The number of thiophene rings is 1. The Labute approximate surface area is 127 Å². The number of nitrogens with one attached hydrogen (secondary N) is 1. The highest BCUT2D eigenvalue weighted by Crippen LogP contribution is 2.29. The molecule has 1 aromatic heterocycles. The van der Waals surface area contributed by atoms with Crippen LogP contribution in [0.2, 0.25) is 0 Å². The summed E-state index contributed by atoms with van der Waals surface area (Å²) in [5.41, 5.74) is 0.838. The maximum absolute atomic E-state index is 10.7. The quantitative estimate of drug-likeness (QED) is 0.823. The normalized spacial score (nSPS) is 10.2. The molecule has 0 radical (unpaired) electrons. The first kappa shape index (κ1) is 15.2. The molecule has 0 unspecified atom stereocenters. The van der Waals surface area contributed by atoms with Gasteiger partial charge in [0.2, 0.25) is 0 Å². The smallest absolute Gasteiger partial charge is 0.308 e. The number of aliphatic carboxylic acids is 1. The molecule has 0 saturated carbocycles. The van der Waals surface area contributed by atoms with Gasteiger partial charge in [-0.25, -0.2) is 0 Å². The van der Waals surface area contributed by atoms with Crippen LogP contribution in [-0.2, 0) is 17.8 Å². The molecule has 0 fully saturated rings. The second-order valence-electron chi connectivity index (χ2n) is 4.36. The number of ether oxygens (including phenoxy) is 2. The van der Waals surface area contributed by atoms with Gasteiger partial charge in [-0.15, -0.1) is 11.3 Å². The molecule has 21 heavy (non-hydrogen) atoms. The summed E-state index contributed by atoms with van der Waals surface area (Å²) in [5, 5.41) is 12.1. The number of carbonyl (C=O) groups is 1. The van der Waals surface area contributed by atoms with Gasteiger partial charge in [0.05, 0.1) is 26.3 Å². The highest BCUT2D eigenvalue weighted by Gasteiger charge is 2.07. The molecule has 0 aliphatic rings. The zero-order chi connectivity index (χ0) is 15.2. The van der Waals surface area contributed by atoms with Gasteiger partial charge in [-0.05, 0) is 24.3 Å². The van der Waals surface area contributed by atoms with Crippen molar-refractivity contribution in [3.05, 3.63) is 40.1 Å². The lowest BCUT2D eigenvalue weighted by atomic mass is 10.2. The molecule has 0 bridgehead atoms. The van der Waals surface area contributed by atoms with Crippen LogP contribution in [0.5, 0.6) is 11.5 Å². The van der Waals surface area contributed by atoms with E-state index < -0.39 is 5.97 Å². The molecule has 0 atom stereocenters. The van der Waals surface area contributed by atoms with Gasteiger partial charge in [0, 0.05) is 22.4 Å². The van der Waals surface area contributed by atoms with Crippen molar-refractivity contribution in [3.8, 4) is 11.5 Å². The van der Waals surface area contributed by atoms with E-state index in [1.54, 1.807) is 14.2 Å². The van der Waals surface area contributed by atoms with E-state index in [0.29, 0.717) is 6.54 Å². The van der Waals surface area contributed by atoms with E-state index in [-0.39, 0.29) is 6.42 Å². The second kappa shape index (κ2) is 6.99. The minimum Gasteiger partial charge on any atom is -0.497 e. The van der Waals surface area contributed by atoms with Crippen LogP contribution < -0.4 is 14.8 Å². The summed E-state index contributed by atoms with van der Waals surface area (Å²) in [6.07, 6.45) is 0.0626. The monoisotopic (exact) mass is 307 g/mol. The number of benzene rings is 1. The van der Waals surface area contributed by atoms with Crippen molar-refractivity contribution in [2.45, 2.75) is 13.0 Å². The molecule has 2 aromatic rings. The van der Waals surface area contributed by atoms with Crippen molar-refractivity contribution in [2.24, 2.45) is 0 Å². The fourth-order valence-electron chi connectivity index (χ4n) is 1.90. The van der Waals surface area contributed by atoms with Gasteiger partial charge in [0.1, 0.15) is 11.5 Å². The molecule has 0 aliphatic carbocycles. The number of hydrogen-bond donors (Lipinski definition) is 2. The van der Waals surface area contributed by atoms with Crippen molar-refractivity contribution in [1.82, 2.24) is 0 Å². The number of hydrogen-bond acceptors (Lipinski definition) is 5.